The van der Waals surface area contributed by atoms with E-state index < -0.39 is 0 Å². The molecule has 1 aromatic rings. The zero-order chi connectivity index (χ0) is 14.8. The van der Waals surface area contributed by atoms with E-state index in [0.29, 0.717) is 12.0 Å². The van der Waals surface area contributed by atoms with Gasteiger partial charge in [0.25, 0.3) is 0 Å². The first-order valence-electron chi connectivity index (χ1n) is 7.74. The summed E-state index contributed by atoms with van der Waals surface area (Å²) >= 11 is 0. The minimum Gasteiger partial charge on any atom is -0.343 e. The molecule has 112 valence electrons. The number of aryl methyl sites for hydroxylation is 1. The van der Waals surface area contributed by atoms with Crippen molar-refractivity contribution in [1.29, 1.82) is 0 Å². The molecule has 2 rings (SSSR count). The molecule has 4 nitrogen and oxygen atoms in total. The van der Waals surface area contributed by atoms with Crippen molar-refractivity contribution in [3.05, 3.63) is 17.5 Å². The predicted octanol–water partition coefficient (Wildman–Crippen LogP) is 2.41. The molecule has 0 saturated carbocycles. The van der Waals surface area contributed by atoms with Gasteiger partial charge in [-0.25, -0.2) is 9.97 Å². The average Bonchev–Trinajstić information content (AvgIpc) is 2.46. The number of rotatable bonds is 5. The minimum absolute atomic E-state index is 0.409. The third kappa shape index (κ3) is 3.11. The molecule has 1 aromatic heterocycles. The fourth-order valence-electron chi connectivity index (χ4n) is 2.93. The van der Waals surface area contributed by atoms with Crippen molar-refractivity contribution in [3.8, 4) is 0 Å². The highest BCUT2D eigenvalue weighted by molar-refractivity contribution is 5.33. The fraction of sp³-hybridized carbons (Fsp3) is 0.750. The van der Waals surface area contributed by atoms with Crippen LogP contribution in [0.1, 0.15) is 44.9 Å². The number of likely N-dealkylation sites (N-methyl/N-ethyl adjacent to an activating group) is 1. The molecule has 1 heterocycles. The van der Waals surface area contributed by atoms with Crippen molar-refractivity contribution in [3.63, 3.8) is 0 Å². The Morgan fingerprint density at radius 2 is 2.20 bits per heavy atom. The maximum Gasteiger partial charge on any atom is 0.225 e. The third-order valence-electron chi connectivity index (χ3n) is 4.96. The maximum absolute atomic E-state index is 5.59. The second kappa shape index (κ2) is 6.08. The highest BCUT2D eigenvalue weighted by Gasteiger charge is 2.31. The molecule has 0 spiro atoms. The Balaban J connectivity index is 2.15. The van der Waals surface area contributed by atoms with Gasteiger partial charge in [0.15, 0.2) is 0 Å². The lowest BCUT2D eigenvalue weighted by Crippen LogP contribution is -2.31. The van der Waals surface area contributed by atoms with Gasteiger partial charge in [-0.2, -0.15) is 0 Å². The summed E-state index contributed by atoms with van der Waals surface area (Å²) in [5.41, 5.74) is 8.58. The van der Waals surface area contributed by atoms with Crippen LogP contribution in [0.2, 0.25) is 0 Å². The SMILES string of the molecule is CCC(C)(C)C1CCc2nc(N(C)CCN)ncc2C1. The van der Waals surface area contributed by atoms with Crippen molar-refractivity contribution in [2.75, 3.05) is 25.0 Å². The quantitative estimate of drug-likeness (QED) is 0.897. The zero-order valence-corrected chi connectivity index (χ0v) is 13.3. The molecule has 0 bridgehead atoms. The molecular formula is C16H28N4. The van der Waals surface area contributed by atoms with E-state index in [4.69, 9.17) is 10.7 Å². The predicted molar refractivity (Wildman–Crippen MR) is 83.9 cm³/mol. The van der Waals surface area contributed by atoms with Gasteiger partial charge in [0, 0.05) is 32.0 Å². The lowest BCUT2D eigenvalue weighted by atomic mass is 9.69. The summed E-state index contributed by atoms with van der Waals surface area (Å²) in [6, 6.07) is 0. The van der Waals surface area contributed by atoms with Gasteiger partial charge in [0.2, 0.25) is 5.95 Å². The summed E-state index contributed by atoms with van der Waals surface area (Å²) in [6.07, 6.45) is 6.70. The molecule has 1 aliphatic carbocycles. The Hall–Kier alpha value is -1.16. The topological polar surface area (TPSA) is 55.0 Å². The number of hydrogen-bond acceptors (Lipinski definition) is 4. The highest BCUT2D eigenvalue weighted by Crippen LogP contribution is 2.39. The molecule has 0 aliphatic heterocycles. The second-order valence-corrected chi connectivity index (χ2v) is 6.63. The van der Waals surface area contributed by atoms with E-state index in [0.717, 1.165) is 31.3 Å². The van der Waals surface area contributed by atoms with Crippen molar-refractivity contribution >= 4 is 5.95 Å². The minimum atomic E-state index is 0.409. The smallest absolute Gasteiger partial charge is 0.225 e. The summed E-state index contributed by atoms with van der Waals surface area (Å²) in [6.45, 7) is 8.48. The Bertz CT molecular complexity index is 456. The standard InChI is InChI=1S/C16H28N4/c1-5-16(2,3)13-6-7-14-12(10-13)11-18-15(19-14)20(4)9-8-17/h11,13H,5-10,17H2,1-4H3. The lowest BCUT2D eigenvalue weighted by molar-refractivity contribution is 0.182. The average molecular weight is 276 g/mol. The van der Waals surface area contributed by atoms with Crippen LogP contribution in [-0.2, 0) is 12.8 Å². The van der Waals surface area contributed by atoms with Crippen LogP contribution in [0.3, 0.4) is 0 Å². The van der Waals surface area contributed by atoms with E-state index in [1.54, 1.807) is 0 Å². The molecule has 2 N–H and O–H groups in total. The molecule has 20 heavy (non-hydrogen) atoms. The summed E-state index contributed by atoms with van der Waals surface area (Å²) in [5, 5.41) is 0. The number of fused-ring (bicyclic) bond motifs is 1. The molecule has 0 aromatic carbocycles. The third-order valence-corrected chi connectivity index (χ3v) is 4.96. The first-order chi connectivity index (χ1) is 9.47. The van der Waals surface area contributed by atoms with E-state index >= 15 is 0 Å². The van der Waals surface area contributed by atoms with Crippen LogP contribution < -0.4 is 10.6 Å². The van der Waals surface area contributed by atoms with Crippen LogP contribution in [0.4, 0.5) is 5.95 Å². The normalized spacial score (nSPS) is 18.8. The first-order valence-corrected chi connectivity index (χ1v) is 7.74. The molecule has 1 unspecified atom stereocenters. The molecule has 0 amide bonds. The van der Waals surface area contributed by atoms with E-state index in [1.165, 1.54) is 24.1 Å². The summed E-state index contributed by atoms with van der Waals surface area (Å²) in [7, 11) is 2.00. The number of nitrogens with two attached hydrogens (primary N) is 1. The first kappa shape index (κ1) is 15.2. The van der Waals surface area contributed by atoms with Gasteiger partial charge in [-0.1, -0.05) is 27.2 Å². The lowest BCUT2D eigenvalue weighted by Gasteiger charge is -2.36. The summed E-state index contributed by atoms with van der Waals surface area (Å²) < 4.78 is 0. The van der Waals surface area contributed by atoms with Crippen molar-refractivity contribution in [2.24, 2.45) is 17.1 Å². The van der Waals surface area contributed by atoms with Gasteiger partial charge in [-0.05, 0) is 36.2 Å². The number of aromatic nitrogens is 2. The summed E-state index contributed by atoms with van der Waals surface area (Å²) in [4.78, 5) is 11.3. The van der Waals surface area contributed by atoms with Gasteiger partial charge >= 0.3 is 0 Å². The van der Waals surface area contributed by atoms with Crippen LogP contribution in [0.15, 0.2) is 6.20 Å². The number of nitrogens with zero attached hydrogens (tertiary/aromatic N) is 3. The van der Waals surface area contributed by atoms with E-state index in [2.05, 4.69) is 25.8 Å². The second-order valence-electron chi connectivity index (χ2n) is 6.63. The molecule has 0 saturated heterocycles. The number of hydrogen-bond donors (Lipinski definition) is 1. The van der Waals surface area contributed by atoms with Crippen molar-refractivity contribution < 1.29 is 0 Å². The summed E-state index contributed by atoms with van der Waals surface area (Å²) in [5.74, 6) is 1.55. The Morgan fingerprint density at radius 1 is 1.45 bits per heavy atom. The highest BCUT2D eigenvalue weighted by atomic mass is 15.2. The van der Waals surface area contributed by atoms with E-state index in [-0.39, 0.29) is 0 Å². The largest absolute Gasteiger partial charge is 0.343 e. The molecular weight excluding hydrogens is 248 g/mol. The Morgan fingerprint density at radius 3 is 2.85 bits per heavy atom. The van der Waals surface area contributed by atoms with Crippen LogP contribution >= 0.6 is 0 Å². The molecule has 0 radical (unpaired) electrons. The van der Waals surface area contributed by atoms with E-state index in [1.807, 2.05) is 18.1 Å². The van der Waals surface area contributed by atoms with Crippen LogP contribution in [-0.4, -0.2) is 30.1 Å². The van der Waals surface area contributed by atoms with Gasteiger partial charge in [0.1, 0.15) is 0 Å². The van der Waals surface area contributed by atoms with E-state index in [9.17, 15) is 0 Å². The Kier molecular flexibility index (Phi) is 4.63. The molecule has 1 aliphatic rings. The number of anilines is 1. The molecule has 4 heteroatoms. The molecule has 1 atom stereocenters. The van der Waals surface area contributed by atoms with Crippen LogP contribution in [0.5, 0.6) is 0 Å². The van der Waals surface area contributed by atoms with Gasteiger partial charge in [-0.15, -0.1) is 0 Å². The van der Waals surface area contributed by atoms with Gasteiger partial charge in [0.05, 0.1) is 0 Å². The van der Waals surface area contributed by atoms with Crippen molar-refractivity contribution in [2.45, 2.75) is 46.5 Å². The monoisotopic (exact) mass is 276 g/mol. The van der Waals surface area contributed by atoms with Crippen LogP contribution in [0.25, 0.3) is 0 Å². The zero-order valence-electron chi connectivity index (χ0n) is 13.3. The van der Waals surface area contributed by atoms with Gasteiger partial charge < -0.3 is 10.6 Å². The van der Waals surface area contributed by atoms with Gasteiger partial charge in [-0.3, -0.25) is 0 Å². The fourth-order valence-corrected chi connectivity index (χ4v) is 2.93. The maximum atomic E-state index is 5.59. The van der Waals surface area contributed by atoms with Crippen molar-refractivity contribution in [1.82, 2.24) is 9.97 Å². The Labute approximate surface area is 122 Å². The van der Waals surface area contributed by atoms with Crippen LogP contribution in [0, 0.1) is 11.3 Å². The molecule has 0 fully saturated rings.